The predicted octanol–water partition coefficient (Wildman–Crippen LogP) is -5.40. The van der Waals surface area contributed by atoms with Crippen molar-refractivity contribution in [2.75, 3.05) is 39.3 Å². The molecule has 12 nitrogen and oxygen atoms in total. The summed E-state index contributed by atoms with van der Waals surface area (Å²) in [7, 11) is 0. The van der Waals surface area contributed by atoms with Crippen LogP contribution in [0.15, 0.2) is 0 Å². The van der Waals surface area contributed by atoms with Gasteiger partial charge in [0.05, 0.1) is 0 Å². The van der Waals surface area contributed by atoms with E-state index in [1.807, 2.05) is 0 Å². The number of alkyl halides is 9. The SMILES string of the molecule is NCCN.NCCN.NCCN.O=C([O-])C(F)(F)F.O=C([O-])C(F)(F)F.O=C([O-])C(F)(F)F.[Co+3]. The number of carboxylic acids is 3. The van der Waals surface area contributed by atoms with E-state index < -0.39 is 36.4 Å². The average Bonchev–Trinajstić information content (AvgIpc) is 2.67. The summed E-state index contributed by atoms with van der Waals surface area (Å²) < 4.78 is 94.6. The van der Waals surface area contributed by atoms with Crippen LogP contribution in [0.5, 0.6) is 0 Å². The number of nitrogens with two attached hydrogens (primary N) is 6. The average molecular weight is 578 g/mol. The Bertz CT molecular complexity index is 410. The molecular formula is C12H24CoF9N6O6. The molecule has 0 saturated carbocycles. The maximum Gasteiger partial charge on any atom is 3.00 e. The van der Waals surface area contributed by atoms with Crippen molar-refractivity contribution in [3.05, 3.63) is 0 Å². The molecule has 0 aliphatic rings. The summed E-state index contributed by atoms with van der Waals surface area (Å²) in [5, 5.41) is 26.4. The smallest absolute Gasteiger partial charge is 0.542 e. The van der Waals surface area contributed by atoms with Gasteiger partial charge in [0.25, 0.3) is 0 Å². The van der Waals surface area contributed by atoms with Crippen molar-refractivity contribution < 1.29 is 86.0 Å². The van der Waals surface area contributed by atoms with Crippen molar-refractivity contribution in [1.29, 1.82) is 0 Å². The van der Waals surface area contributed by atoms with E-state index in [9.17, 15) is 39.5 Å². The molecule has 0 aliphatic heterocycles. The van der Waals surface area contributed by atoms with Crippen molar-refractivity contribution in [1.82, 2.24) is 0 Å². The van der Waals surface area contributed by atoms with E-state index in [2.05, 4.69) is 0 Å². The summed E-state index contributed by atoms with van der Waals surface area (Å²) in [6, 6.07) is 0. The van der Waals surface area contributed by atoms with Crippen LogP contribution in [0.3, 0.4) is 0 Å². The molecule has 22 heteroatoms. The molecule has 0 bridgehead atoms. The molecule has 0 amide bonds. The number of halogens is 9. The van der Waals surface area contributed by atoms with Gasteiger partial charge in [-0.2, -0.15) is 39.5 Å². The van der Waals surface area contributed by atoms with Gasteiger partial charge in [-0.05, 0) is 0 Å². The van der Waals surface area contributed by atoms with Gasteiger partial charge in [0.1, 0.15) is 17.9 Å². The molecule has 0 saturated heterocycles. The van der Waals surface area contributed by atoms with Gasteiger partial charge in [0.2, 0.25) is 0 Å². The fraction of sp³-hybridized carbons (Fsp3) is 0.750. The Labute approximate surface area is 196 Å². The summed E-state index contributed by atoms with van der Waals surface area (Å²) >= 11 is 0. The van der Waals surface area contributed by atoms with Crippen molar-refractivity contribution in [3.8, 4) is 0 Å². The van der Waals surface area contributed by atoms with Crippen LogP contribution in [0.25, 0.3) is 0 Å². The Kier molecular flexibility index (Phi) is 42.1. The Morgan fingerprint density at radius 1 is 0.441 bits per heavy atom. The van der Waals surface area contributed by atoms with E-state index in [1.165, 1.54) is 0 Å². The summed E-state index contributed by atoms with van der Waals surface area (Å²) in [4.78, 5) is 26.4. The molecule has 0 aromatic rings. The van der Waals surface area contributed by atoms with Gasteiger partial charge in [0, 0.05) is 39.3 Å². The Balaban J connectivity index is -0.0000000522. The number of hydrogen-bond donors (Lipinski definition) is 6. The number of carboxylic acid groups (broad SMARTS) is 3. The molecule has 12 N–H and O–H groups in total. The second-order valence-corrected chi connectivity index (χ2v) is 4.09. The summed E-state index contributed by atoms with van der Waals surface area (Å²) in [5.74, 6) is -9.02. The fourth-order valence-corrected chi connectivity index (χ4v) is 0. The van der Waals surface area contributed by atoms with E-state index in [0.29, 0.717) is 39.3 Å². The third kappa shape index (κ3) is 69.9. The molecule has 0 radical (unpaired) electrons. The number of hydrogen-bond acceptors (Lipinski definition) is 12. The van der Waals surface area contributed by atoms with Gasteiger partial charge in [0.15, 0.2) is 0 Å². The Morgan fingerprint density at radius 2 is 0.500 bits per heavy atom. The van der Waals surface area contributed by atoms with Crippen LogP contribution in [0.1, 0.15) is 0 Å². The van der Waals surface area contributed by atoms with E-state index in [1.54, 1.807) is 0 Å². The molecule has 0 rings (SSSR count). The molecule has 210 valence electrons. The number of carbonyl (C=O) groups excluding carboxylic acids is 3. The standard InChI is InChI=1S/3C2HF3O2.3C2H8N2.Co/c3*3-2(4,5)1(6)7;3*3-1-2-4;/h3*(H,6,7);3*1-4H2;/q;;;;;;+3/p-3. The zero-order chi connectivity index (χ0) is 28.5. The fourth-order valence-electron chi connectivity index (χ4n) is 0. The summed E-state index contributed by atoms with van der Waals surface area (Å²) in [5.41, 5.74) is 29.4. The Hall–Kier alpha value is -1.95. The van der Waals surface area contributed by atoms with Gasteiger partial charge in [-0.25, -0.2) is 0 Å². The van der Waals surface area contributed by atoms with Gasteiger partial charge >= 0.3 is 35.3 Å². The second-order valence-electron chi connectivity index (χ2n) is 4.09. The largest absolute Gasteiger partial charge is 3.00 e. The third-order valence-corrected chi connectivity index (χ3v) is 1.19. The molecule has 0 heterocycles. The first kappa shape index (κ1) is 49.2. The van der Waals surface area contributed by atoms with Gasteiger partial charge in [-0.1, -0.05) is 0 Å². The number of rotatable bonds is 3. The monoisotopic (exact) mass is 578 g/mol. The van der Waals surface area contributed by atoms with E-state index >= 15 is 0 Å². The maximum atomic E-state index is 10.5. The topological polar surface area (TPSA) is 277 Å². The van der Waals surface area contributed by atoms with Crippen LogP contribution in [0.4, 0.5) is 39.5 Å². The molecular weight excluding hydrogens is 554 g/mol. The number of aliphatic carboxylic acids is 3. The first-order chi connectivity index (χ1) is 14.6. The second kappa shape index (κ2) is 29.1. The normalized spacial score (nSPS) is 9.62. The van der Waals surface area contributed by atoms with Crippen LogP contribution in [-0.2, 0) is 31.2 Å². The van der Waals surface area contributed by atoms with Crippen molar-refractivity contribution in [2.45, 2.75) is 18.5 Å². The van der Waals surface area contributed by atoms with Crippen LogP contribution in [0, 0.1) is 0 Å². The summed E-state index contributed by atoms with van der Waals surface area (Å²) in [6.07, 6.45) is -15.6. The molecule has 34 heavy (non-hydrogen) atoms. The first-order valence-corrected chi connectivity index (χ1v) is 7.63. The van der Waals surface area contributed by atoms with Crippen LogP contribution >= 0.6 is 0 Å². The molecule has 0 aromatic heterocycles. The van der Waals surface area contributed by atoms with E-state index in [4.69, 9.17) is 64.1 Å². The van der Waals surface area contributed by atoms with Crippen LogP contribution < -0.4 is 49.7 Å². The molecule has 0 aromatic carbocycles. The minimum Gasteiger partial charge on any atom is -0.542 e. The zero-order valence-corrected chi connectivity index (χ0v) is 17.9. The van der Waals surface area contributed by atoms with Gasteiger partial charge < -0.3 is 64.1 Å². The van der Waals surface area contributed by atoms with E-state index in [0.717, 1.165) is 0 Å². The zero-order valence-electron chi connectivity index (χ0n) is 16.9. The maximum absolute atomic E-state index is 10.5. The van der Waals surface area contributed by atoms with Crippen molar-refractivity contribution in [2.24, 2.45) is 34.4 Å². The quantitative estimate of drug-likeness (QED) is 0.171. The molecule has 0 fully saturated rings. The summed E-state index contributed by atoms with van der Waals surface area (Å²) in [6.45, 7) is 3.58. The van der Waals surface area contributed by atoms with Crippen LogP contribution in [-0.4, -0.2) is 75.7 Å². The van der Waals surface area contributed by atoms with Gasteiger partial charge in [-0.3, -0.25) is 0 Å². The molecule has 0 unspecified atom stereocenters. The Morgan fingerprint density at radius 3 is 0.500 bits per heavy atom. The molecule has 0 aliphatic carbocycles. The van der Waals surface area contributed by atoms with Crippen molar-refractivity contribution >= 4 is 17.9 Å². The van der Waals surface area contributed by atoms with Gasteiger partial charge in [-0.15, -0.1) is 0 Å². The molecule has 0 spiro atoms. The van der Waals surface area contributed by atoms with Crippen LogP contribution in [0.2, 0.25) is 0 Å². The third-order valence-electron chi connectivity index (χ3n) is 1.19. The first-order valence-electron chi connectivity index (χ1n) is 7.63. The molecule has 0 atom stereocenters. The number of carbonyl (C=O) groups is 3. The predicted molar refractivity (Wildman–Crippen MR) is 87.5 cm³/mol. The van der Waals surface area contributed by atoms with Crippen molar-refractivity contribution in [3.63, 3.8) is 0 Å². The minimum absolute atomic E-state index is 0. The van der Waals surface area contributed by atoms with E-state index in [-0.39, 0.29) is 16.8 Å². The minimum atomic E-state index is -5.19.